The van der Waals surface area contributed by atoms with Crippen LogP contribution in [0.25, 0.3) is 0 Å². The van der Waals surface area contributed by atoms with E-state index in [9.17, 15) is 13.2 Å². The first-order valence-electron chi connectivity index (χ1n) is 5.94. The molecule has 0 amide bonds. The van der Waals surface area contributed by atoms with Crippen LogP contribution in [0.4, 0.5) is 0 Å². The summed E-state index contributed by atoms with van der Waals surface area (Å²) in [6.45, 7) is 2.44. The van der Waals surface area contributed by atoms with Gasteiger partial charge in [-0.2, -0.15) is 4.31 Å². The molecule has 0 radical (unpaired) electrons. The van der Waals surface area contributed by atoms with Gasteiger partial charge in [0.2, 0.25) is 10.0 Å². The highest BCUT2D eigenvalue weighted by Crippen LogP contribution is 2.17. The van der Waals surface area contributed by atoms with Crippen LogP contribution in [0.3, 0.4) is 0 Å². The number of nitrogens with one attached hydrogen (secondary N) is 1. The van der Waals surface area contributed by atoms with Gasteiger partial charge in [0.25, 0.3) is 0 Å². The van der Waals surface area contributed by atoms with Crippen molar-refractivity contribution in [2.24, 2.45) is 0 Å². The van der Waals surface area contributed by atoms with E-state index >= 15 is 0 Å². The van der Waals surface area contributed by atoms with Gasteiger partial charge in [0, 0.05) is 19.6 Å². The van der Waals surface area contributed by atoms with Crippen molar-refractivity contribution in [2.75, 3.05) is 19.6 Å². The fourth-order valence-corrected chi connectivity index (χ4v) is 3.42. The highest BCUT2D eigenvalue weighted by atomic mass is 35.5. The smallest absolute Gasteiger partial charge is 0.322 e. The summed E-state index contributed by atoms with van der Waals surface area (Å²) < 4.78 is 26.0. The van der Waals surface area contributed by atoms with E-state index in [4.69, 9.17) is 5.11 Å². The van der Waals surface area contributed by atoms with Gasteiger partial charge in [-0.1, -0.05) is 17.7 Å². The van der Waals surface area contributed by atoms with E-state index in [0.717, 1.165) is 5.56 Å². The van der Waals surface area contributed by atoms with Crippen molar-refractivity contribution < 1.29 is 18.3 Å². The topological polar surface area (TPSA) is 86.7 Å². The van der Waals surface area contributed by atoms with Gasteiger partial charge in [0.1, 0.15) is 6.04 Å². The Morgan fingerprint density at radius 2 is 1.95 bits per heavy atom. The number of carbonyl (C=O) groups is 1. The van der Waals surface area contributed by atoms with Crippen molar-refractivity contribution in [3.8, 4) is 0 Å². The molecule has 0 spiro atoms. The van der Waals surface area contributed by atoms with Crippen LogP contribution in [-0.2, 0) is 14.8 Å². The van der Waals surface area contributed by atoms with E-state index in [-0.39, 0.29) is 30.4 Å². The van der Waals surface area contributed by atoms with Crippen LogP contribution in [0.2, 0.25) is 0 Å². The molecule has 0 bridgehead atoms. The Labute approximate surface area is 124 Å². The standard InChI is InChI=1S/C12H16N2O4S.ClH/c1-9-2-4-10(5-3-9)19(17,18)14-7-6-13-11(8-14)12(15)16;/h2-5,11,13H,6-8H2,1H3,(H,15,16);1H. The molecule has 0 aliphatic carbocycles. The highest BCUT2D eigenvalue weighted by Gasteiger charge is 2.32. The van der Waals surface area contributed by atoms with E-state index in [1.54, 1.807) is 24.3 Å². The molecule has 1 fully saturated rings. The summed E-state index contributed by atoms with van der Waals surface area (Å²) in [6, 6.07) is 5.69. The van der Waals surface area contributed by atoms with Crippen LogP contribution < -0.4 is 5.32 Å². The summed E-state index contributed by atoms with van der Waals surface area (Å²) in [7, 11) is -3.62. The van der Waals surface area contributed by atoms with Crippen molar-refractivity contribution in [3.63, 3.8) is 0 Å². The molecule has 6 nitrogen and oxygen atoms in total. The number of hydrogen-bond donors (Lipinski definition) is 2. The lowest BCUT2D eigenvalue weighted by Crippen LogP contribution is -2.55. The molecule has 1 saturated heterocycles. The second kappa shape index (κ2) is 6.53. The van der Waals surface area contributed by atoms with Gasteiger partial charge in [-0.25, -0.2) is 8.42 Å². The van der Waals surface area contributed by atoms with Gasteiger partial charge < -0.3 is 10.4 Å². The third-order valence-corrected chi connectivity index (χ3v) is 4.97. The van der Waals surface area contributed by atoms with Gasteiger partial charge >= 0.3 is 5.97 Å². The maximum Gasteiger partial charge on any atom is 0.322 e. The number of nitrogens with zero attached hydrogens (tertiary/aromatic N) is 1. The first-order valence-corrected chi connectivity index (χ1v) is 7.38. The van der Waals surface area contributed by atoms with E-state index in [2.05, 4.69) is 5.32 Å². The monoisotopic (exact) mass is 320 g/mol. The van der Waals surface area contributed by atoms with Crippen molar-refractivity contribution in [1.82, 2.24) is 9.62 Å². The predicted octanol–water partition coefficient (Wildman–Crippen LogP) is 0.464. The molecule has 1 unspecified atom stereocenters. The van der Waals surface area contributed by atoms with Gasteiger partial charge in [-0.3, -0.25) is 4.79 Å². The van der Waals surface area contributed by atoms with Crippen molar-refractivity contribution >= 4 is 28.4 Å². The van der Waals surface area contributed by atoms with E-state index in [1.165, 1.54) is 4.31 Å². The number of aliphatic carboxylic acids is 1. The number of sulfonamides is 1. The summed E-state index contributed by atoms with van der Waals surface area (Å²) in [6.07, 6.45) is 0. The number of piperazine rings is 1. The van der Waals surface area contributed by atoms with Crippen LogP contribution in [-0.4, -0.2) is 49.5 Å². The number of carboxylic acid groups (broad SMARTS) is 1. The van der Waals surface area contributed by atoms with E-state index in [0.29, 0.717) is 6.54 Å². The molecular weight excluding hydrogens is 304 g/mol. The Hall–Kier alpha value is -1.15. The Morgan fingerprint density at radius 3 is 2.50 bits per heavy atom. The SMILES string of the molecule is Cc1ccc(S(=O)(=O)N2CCNC(C(=O)O)C2)cc1.Cl. The lowest BCUT2D eigenvalue weighted by Gasteiger charge is -2.30. The summed E-state index contributed by atoms with van der Waals surface area (Å²) in [5.74, 6) is -1.04. The Bertz CT molecular complexity index is 574. The molecule has 1 aliphatic rings. The summed E-state index contributed by atoms with van der Waals surface area (Å²) in [4.78, 5) is 11.1. The van der Waals surface area contributed by atoms with Crippen LogP contribution >= 0.6 is 12.4 Å². The van der Waals surface area contributed by atoms with Crippen molar-refractivity contribution in [2.45, 2.75) is 17.9 Å². The summed E-state index contributed by atoms with van der Waals surface area (Å²) in [5, 5.41) is 11.7. The zero-order valence-corrected chi connectivity index (χ0v) is 12.6. The molecule has 1 atom stereocenters. The molecule has 1 aliphatic heterocycles. The average molecular weight is 321 g/mol. The number of benzene rings is 1. The Balaban J connectivity index is 0.00000200. The lowest BCUT2D eigenvalue weighted by atomic mass is 10.2. The molecular formula is C12H17ClN2O4S. The zero-order chi connectivity index (χ0) is 14.0. The minimum absolute atomic E-state index is 0. The quantitative estimate of drug-likeness (QED) is 0.845. The lowest BCUT2D eigenvalue weighted by molar-refractivity contribution is -0.140. The van der Waals surface area contributed by atoms with Gasteiger partial charge in [-0.15, -0.1) is 12.4 Å². The third kappa shape index (κ3) is 3.49. The Morgan fingerprint density at radius 1 is 1.35 bits per heavy atom. The first-order chi connectivity index (χ1) is 8.91. The number of rotatable bonds is 3. The third-order valence-electron chi connectivity index (χ3n) is 3.10. The minimum atomic E-state index is -3.62. The van der Waals surface area contributed by atoms with E-state index < -0.39 is 22.0 Å². The fourth-order valence-electron chi connectivity index (χ4n) is 1.97. The maximum atomic E-state index is 12.4. The van der Waals surface area contributed by atoms with Crippen LogP contribution in [0, 0.1) is 6.92 Å². The molecule has 112 valence electrons. The van der Waals surface area contributed by atoms with E-state index in [1.807, 2.05) is 6.92 Å². The average Bonchev–Trinajstić information content (AvgIpc) is 2.39. The number of carboxylic acids is 1. The molecule has 20 heavy (non-hydrogen) atoms. The second-order valence-corrected chi connectivity index (χ2v) is 6.46. The first kappa shape index (κ1) is 16.9. The molecule has 0 saturated carbocycles. The second-order valence-electron chi connectivity index (χ2n) is 4.52. The fraction of sp³-hybridized carbons (Fsp3) is 0.417. The minimum Gasteiger partial charge on any atom is -0.480 e. The largest absolute Gasteiger partial charge is 0.480 e. The Kier molecular flexibility index (Phi) is 5.52. The molecule has 1 heterocycles. The molecule has 8 heteroatoms. The van der Waals surface area contributed by atoms with Gasteiger partial charge in [0.05, 0.1) is 4.90 Å². The molecule has 1 aromatic carbocycles. The summed E-state index contributed by atoms with van der Waals surface area (Å²) in [5.41, 5.74) is 0.975. The zero-order valence-electron chi connectivity index (χ0n) is 10.9. The predicted molar refractivity (Wildman–Crippen MR) is 76.6 cm³/mol. The number of aryl methyl sites for hydroxylation is 1. The summed E-state index contributed by atoms with van der Waals surface area (Å²) >= 11 is 0. The molecule has 0 aromatic heterocycles. The molecule has 1 aromatic rings. The van der Waals surface area contributed by atoms with Crippen molar-refractivity contribution in [3.05, 3.63) is 29.8 Å². The van der Waals surface area contributed by atoms with Crippen LogP contribution in [0.5, 0.6) is 0 Å². The number of hydrogen-bond acceptors (Lipinski definition) is 4. The highest BCUT2D eigenvalue weighted by molar-refractivity contribution is 7.89. The number of halogens is 1. The maximum absolute atomic E-state index is 12.4. The normalized spacial score (nSPS) is 20.1. The molecule has 2 rings (SSSR count). The van der Waals surface area contributed by atoms with Crippen LogP contribution in [0.15, 0.2) is 29.2 Å². The van der Waals surface area contributed by atoms with Crippen LogP contribution in [0.1, 0.15) is 5.56 Å². The van der Waals surface area contributed by atoms with Gasteiger partial charge in [0.15, 0.2) is 0 Å². The van der Waals surface area contributed by atoms with Gasteiger partial charge in [-0.05, 0) is 19.1 Å². The van der Waals surface area contributed by atoms with Crippen molar-refractivity contribution in [1.29, 1.82) is 0 Å². The molecule has 2 N–H and O–H groups in total.